The van der Waals surface area contributed by atoms with E-state index in [0.29, 0.717) is 24.0 Å². The fourth-order valence-corrected chi connectivity index (χ4v) is 1.99. The van der Waals surface area contributed by atoms with Gasteiger partial charge in [0.1, 0.15) is 5.75 Å². The Hall–Kier alpha value is -1.46. The van der Waals surface area contributed by atoms with E-state index >= 15 is 0 Å². The highest BCUT2D eigenvalue weighted by Crippen LogP contribution is 2.29. The number of aliphatic carboxylic acids is 1. The van der Waals surface area contributed by atoms with Gasteiger partial charge in [0.2, 0.25) is 0 Å². The summed E-state index contributed by atoms with van der Waals surface area (Å²) in [6.45, 7) is 2.66. The van der Waals surface area contributed by atoms with Crippen LogP contribution in [0, 0.1) is 0 Å². The van der Waals surface area contributed by atoms with Crippen molar-refractivity contribution in [3.8, 4) is 5.75 Å². The van der Waals surface area contributed by atoms with E-state index in [1.54, 1.807) is 12.1 Å². The molecule has 1 aliphatic rings. The molecule has 1 saturated heterocycles. The van der Waals surface area contributed by atoms with Gasteiger partial charge >= 0.3 is 5.97 Å². The molecule has 1 fully saturated rings. The number of anilines is 1. The maximum atomic E-state index is 10.4. The molecule has 1 N–H and O–H groups in total. The summed E-state index contributed by atoms with van der Waals surface area (Å²) >= 11 is 6.06. The normalized spacial score (nSPS) is 15.5. The molecule has 18 heavy (non-hydrogen) atoms. The van der Waals surface area contributed by atoms with Crippen molar-refractivity contribution in [1.29, 1.82) is 0 Å². The first-order valence-corrected chi connectivity index (χ1v) is 6.01. The monoisotopic (exact) mass is 271 g/mol. The molecule has 1 aromatic carbocycles. The predicted octanol–water partition coefficient (Wildman–Crippen LogP) is 1.64. The standard InChI is InChI=1S/C12H14ClNO4/c13-10-7-9(14-3-5-17-6-4-14)1-2-11(10)18-8-12(15)16/h1-2,7H,3-6,8H2,(H,15,16). The molecule has 0 aromatic heterocycles. The molecule has 0 aliphatic carbocycles. The van der Waals surface area contributed by atoms with Crippen LogP contribution >= 0.6 is 11.6 Å². The van der Waals surface area contributed by atoms with Crippen LogP contribution in [0.5, 0.6) is 5.75 Å². The van der Waals surface area contributed by atoms with Crippen molar-refractivity contribution in [3.63, 3.8) is 0 Å². The molecule has 0 amide bonds. The van der Waals surface area contributed by atoms with Gasteiger partial charge in [-0.2, -0.15) is 0 Å². The van der Waals surface area contributed by atoms with E-state index in [1.807, 2.05) is 6.07 Å². The van der Waals surface area contributed by atoms with E-state index in [4.69, 9.17) is 26.2 Å². The molecule has 0 bridgehead atoms. The Labute approximate surface area is 110 Å². The SMILES string of the molecule is O=C(O)COc1ccc(N2CCOCC2)cc1Cl. The quantitative estimate of drug-likeness (QED) is 0.902. The van der Waals surface area contributed by atoms with Gasteiger partial charge in [-0.25, -0.2) is 4.79 Å². The van der Waals surface area contributed by atoms with E-state index in [1.165, 1.54) is 0 Å². The Balaban J connectivity index is 2.06. The summed E-state index contributed by atoms with van der Waals surface area (Å²) < 4.78 is 10.3. The number of ether oxygens (including phenoxy) is 2. The lowest BCUT2D eigenvalue weighted by molar-refractivity contribution is -0.139. The minimum atomic E-state index is -1.02. The molecule has 2 rings (SSSR count). The molecule has 1 aliphatic heterocycles. The lowest BCUT2D eigenvalue weighted by atomic mass is 10.2. The van der Waals surface area contributed by atoms with Crippen molar-refractivity contribution in [2.24, 2.45) is 0 Å². The van der Waals surface area contributed by atoms with E-state index in [9.17, 15) is 4.79 Å². The second-order valence-electron chi connectivity index (χ2n) is 3.90. The zero-order valence-corrected chi connectivity index (χ0v) is 10.5. The van der Waals surface area contributed by atoms with Crippen LogP contribution in [0.1, 0.15) is 0 Å². The summed E-state index contributed by atoms with van der Waals surface area (Å²) in [6.07, 6.45) is 0. The maximum Gasteiger partial charge on any atom is 0.341 e. The van der Waals surface area contributed by atoms with Crippen molar-refractivity contribution in [2.45, 2.75) is 0 Å². The van der Waals surface area contributed by atoms with E-state index in [-0.39, 0.29) is 0 Å². The Kier molecular flexibility index (Phi) is 4.28. The summed E-state index contributed by atoms with van der Waals surface area (Å²) in [6, 6.07) is 5.34. The second-order valence-corrected chi connectivity index (χ2v) is 4.30. The van der Waals surface area contributed by atoms with Crippen LogP contribution in [0.3, 0.4) is 0 Å². The van der Waals surface area contributed by atoms with Crippen LogP contribution in [-0.2, 0) is 9.53 Å². The van der Waals surface area contributed by atoms with E-state index in [2.05, 4.69) is 4.90 Å². The van der Waals surface area contributed by atoms with E-state index in [0.717, 1.165) is 18.8 Å². The first-order valence-electron chi connectivity index (χ1n) is 5.63. The number of rotatable bonds is 4. The molecule has 0 unspecified atom stereocenters. The fraction of sp³-hybridized carbons (Fsp3) is 0.417. The molecule has 1 aromatic rings. The average Bonchev–Trinajstić information content (AvgIpc) is 2.38. The third-order valence-electron chi connectivity index (χ3n) is 2.64. The number of benzene rings is 1. The van der Waals surface area contributed by atoms with Gasteiger partial charge in [0.25, 0.3) is 0 Å². The lowest BCUT2D eigenvalue weighted by Gasteiger charge is -2.29. The zero-order valence-electron chi connectivity index (χ0n) is 9.76. The number of carboxylic acids is 1. The van der Waals surface area contributed by atoms with Crippen LogP contribution in [-0.4, -0.2) is 44.0 Å². The van der Waals surface area contributed by atoms with Crippen LogP contribution in [0.15, 0.2) is 18.2 Å². The Morgan fingerprint density at radius 1 is 1.44 bits per heavy atom. The van der Waals surface area contributed by atoms with Crippen molar-refractivity contribution in [3.05, 3.63) is 23.2 Å². The number of halogens is 1. The molecule has 5 nitrogen and oxygen atoms in total. The lowest BCUT2D eigenvalue weighted by Crippen LogP contribution is -2.36. The van der Waals surface area contributed by atoms with Gasteiger partial charge in [0, 0.05) is 18.8 Å². The molecule has 1 heterocycles. The highest BCUT2D eigenvalue weighted by molar-refractivity contribution is 6.32. The van der Waals surface area contributed by atoms with Crippen LogP contribution in [0.25, 0.3) is 0 Å². The van der Waals surface area contributed by atoms with Gasteiger partial charge in [0.05, 0.1) is 18.2 Å². The molecule has 6 heteroatoms. The number of hydrogen-bond acceptors (Lipinski definition) is 4. The number of hydrogen-bond donors (Lipinski definition) is 1. The molecule has 0 atom stereocenters. The molecule has 0 saturated carbocycles. The molecule has 98 valence electrons. The second kappa shape index (κ2) is 5.93. The van der Waals surface area contributed by atoms with Crippen molar-refractivity contribution < 1.29 is 19.4 Å². The van der Waals surface area contributed by atoms with Crippen LogP contribution in [0.2, 0.25) is 5.02 Å². The first-order chi connectivity index (χ1) is 8.66. The molecule has 0 spiro atoms. The third kappa shape index (κ3) is 3.27. The Morgan fingerprint density at radius 2 is 2.17 bits per heavy atom. The van der Waals surface area contributed by atoms with Crippen LogP contribution in [0.4, 0.5) is 5.69 Å². The topological polar surface area (TPSA) is 59.0 Å². The van der Waals surface area contributed by atoms with Gasteiger partial charge < -0.3 is 19.5 Å². The first kappa shape index (κ1) is 13.0. The molecule has 0 radical (unpaired) electrons. The summed E-state index contributed by atoms with van der Waals surface area (Å²) in [4.78, 5) is 12.6. The van der Waals surface area contributed by atoms with Gasteiger partial charge in [-0.05, 0) is 18.2 Å². The number of carboxylic acid groups (broad SMARTS) is 1. The van der Waals surface area contributed by atoms with Gasteiger partial charge in [0.15, 0.2) is 6.61 Å². The number of carbonyl (C=O) groups is 1. The molecular formula is C12H14ClNO4. The minimum absolute atomic E-state index is 0.385. The number of nitrogens with zero attached hydrogens (tertiary/aromatic N) is 1. The van der Waals surface area contributed by atoms with Gasteiger partial charge in [-0.1, -0.05) is 11.6 Å². The summed E-state index contributed by atoms with van der Waals surface area (Å²) in [5, 5.41) is 8.95. The Morgan fingerprint density at radius 3 is 2.78 bits per heavy atom. The average molecular weight is 272 g/mol. The van der Waals surface area contributed by atoms with Crippen molar-refractivity contribution in [1.82, 2.24) is 0 Å². The fourth-order valence-electron chi connectivity index (χ4n) is 1.76. The smallest absolute Gasteiger partial charge is 0.341 e. The summed E-state index contributed by atoms with van der Waals surface area (Å²) in [7, 11) is 0. The van der Waals surface area contributed by atoms with Crippen LogP contribution < -0.4 is 9.64 Å². The maximum absolute atomic E-state index is 10.4. The summed E-state index contributed by atoms with van der Waals surface area (Å²) in [5.41, 5.74) is 0.992. The third-order valence-corrected chi connectivity index (χ3v) is 2.94. The van der Waals surface area contributed by atoms with E-state index < -0.39 is 12.6 Å². The van der Waals surface area contributed by atoms with Gasteiger partial charge in [-0.3, -0.25) is 0 Å². The highest BCUT2D eigenvalue weighted by Gasteiger charge is 2.13. The van der Waals surface area contributed by atoms with Crippen molar-refractivity contribution in [2.75, 3.05) is 37.8 Å². The molecular weight excluding hydrogens is 258 g/mol. The zero-order chi connectivity index (χ0) is 13.0. The predicted molar refractivity (Wildman–Crippen MR) is 67.6 cm³/mol. The summed E-state index contributed by atoms with van der Waals surface area (Å²) in [5.74, 6) is -0.639. The van der Waals surface area contributed by atoms with Gasteiger partial charge in [-0.15, -0.1) is 0 Å². The number of morpholine rings is 1. The van der Waals surface area contributed by atoms with Crippen molar-refractivity contribution >= 4 is 23.3 Å². The highest BCUT2D eigenvalue weighted by atomic mass is 35.5. The minimum Gasteiger partial charge on any atom is -0.480 e. The largest absolute Gasteiger partial charge is 0.480 e. The Bertz CT molecular complexity index is 432.